The molecule has 35 heavy (non-hydrogen) atoms. The summed E-state index contributed by atoms with van der Waals surface area (Å²) >= 11 is 5.86. The molecule has 3 aromatic heterocycles. The lowest BCUT2D eigenvalue weighted by atomic mass is 9.96. The first-order valence-electron chi connectivity index (χ1n) is 11.8. The topological polar surface area (TPSA) is 49.2 Å². The molecule has 1 fully saturated rings. The lowest BCUT2D eigenvalue weighted by Crippen LogP contribution is -2.29. The van der Waals surface area contributed by atoms with Crippen molar-refractivity contribution in [3.63, 3.8) is 0 Å². The fourth-order valence-corrected chi connectivity index (χ4v) is 5.29. The number of pyridine rings is 2. The summed E-state index contributed by atoms with van der Waals surface area (Å²) < 4.78 is 2.33. The molecule has 1 aliphatic rings. The average Bonchev–Trinajstić information content (AvgIpc) is 3.35. The first kappa shape index (κ1) is 23.1. The SMILES string of the molecule is Cc1cc([C@@H]2[C@@H](c3ccccn3)NC(=S)N2Cc2cccnc2)c(C)n1-c1ccc(N(C)C)cc1. The number of anilines is 1. The molecule has 4 aromatic rings. The fourth-order valence-electron chi connectivity index (χ4n) is 4.99. The highest BCUT2D eigenvalue weighted by Gasteiger charge is 2.41. The zero-order chi connectivity index (χ0) is 24.5. The average molecular weight is 483 g/mol. The van der Waals surface area contributed by atoms with E-state index in [-0.39, 0.29) is 12.1 Å². The van der Waals surface area contributed by atoms with Crippen molar-refractivity contribution in [2.75, 3.05) is 19.0 Å². The number of hydrogen-bond donors (Lipinski definition) is 1. The Hall–Kier alpha value is -3.71. The number of nitrogens with one attached hydrogen (secondary N) is 1. The minimum absolute atomic E-state index is 0.00129. The van der Waals surface area contributed by atoms with Gasteiger partial charge in [-0.25, -0.2) is 0 Å². The van der Waals surface area contributed by atoms with Crippen LogP contribution in [0.25, 0.3) is 5.69 Å². The Labute approximate surface area is 212 Å². The Kier molecular flexibility index (Phi) is 6.26. The maximum atomic E-state index is 5.86. The van der Waals surface area contributed by atoms with Crippen LogP contribution < -0.4 is 10.2 Å². The van der Waals surface area contributed by atoms with E-state index in [0.717, 1.165) is 22.1 Å². The smallest absolute Gasteiger partial charge is 0.170 e. The Morgan fingerprint density at radius 2 is 1.80 bits per heavy atom. The van der Waals surface area contributed by atoms with E-state index in [1.54, 1.807) is 6.20 Å². The normalized spacial score (nSPS) is 17.5. The number of rotatable bonds is 6. The minimum atomic E-state index is -0.0505. The number of hydrogen-bond acceptors (Lipinski definition) is 4. The molecule has 0 saturated carbocycles. The molecule has 1 aromatic carbocycles. The van der Waals surface area contributed by atoms with Crippen LogP contribution in [-0.2, 0) is 6.54 Å². The Bertz CT molecular complexity index is 1320. The molecule has 0 amide bonds. The van der Waals surface area contributed by atoms with E-state index in [4.69, 9.17) is 12.2 Å². The van der Waals surface area contributed by atoms with Gasteiger partial charge in [0.25, 0.3) is 0 Å². The molecule has 0 spiro atoms. The predicted molar refractivity (Wildman–Crippen MR) is 145 cm³/mol. The molecule has 1 aliphatic heterocycles. The highest BCUT2D eigenvalue weighted by atomic mass is 32.1. The molecule has 4 heterocycles. The van der Waals surface area contributed by atoms with Crippen molar-refractivity contribution in [3.8, 4) is 5.69 Å². The van der Waals surface area contributed by atoms with Crippen LogP contribution in [0.3, 0.4) is 0 Å². The summed E-state index contributed by atoms with van der Waals surface area (Å²) in [5, 5.41) is 4.30. The van der Waals surface area contributed by atoms with Crippen LogP contribution in [0.5, 0.6) is 0 Å². The van der Waals surface area contributed by atoms with Crippen LogP contribution in [0.4, 0.5) is 5.69 Å². The van der Waals surface area contributed by atoms with Gasteiger partial charge in [0.05, 0.1) is 17.8 Å². The standard InChI is InChI=1S/C28H30N6S/c1-19-16-24(20(2)34(19)23-12-10-22(11-13-23)32(3)4)27-26(25-9-5-6-15-30-25)31-28(35)33(27)18-21-8-7-14-29-17-21/h5-17,26-27H,18H2,1-4H3,(H,31,35)/t26-,27-/m1/s1. The minimum Gasteiger partial charge on any atom is -0.378 e. The Morgan fingerprint density at radius 3 is 2.46 bits per heavy atom. The summed E-state index contributed by atoms with van der Waals surface area (Å²) in [7, 11) is 4.12. The highest BCUT2D eigenvalue weighted by molar-refractivity contribution is 7.80. The van der Waals surface area contributed by atoms with E-state index in [1.807, 2.05) is 30.6 Å². The summed E-state index contributed by atoms with van der Waals surface area (Å²) in [5.41, 5.74) is 8.07. The summed E-state index contributed by atoms with van der Waals surface area (Å²) in [6, 6.07) is 21.0. The zero-order valence-electron chi connectivity index (χ0n) is 20.5. The third kappa shape index (κ3) is 4.39. The summed E-state index contributed by atoms with van der Waals surface area (Å²) in [6.45, 7) is 5.04. The maximum Gasteiger partial charge on any atom is 0.170 e. The van der Waals surface area contributed by atoms with Crippen molar-refractivity contribution in [1.82, 2.24) is 24.8 Å². The number of thiocarbonyl (C=S) groups is 1. The van der Waals surface area contributed by atoms with Crippen LogP contribution in [-0.4, -0.2) is 38.6 Å². The van der Waals surface area contributed by atoms with Gasteiger partial charge in [-0.3, -0.25) is 9.97 Å². The third-order valence-electron chi connectivity index (χ3n) is 6.69. The molecule has 6 nitrogen and oxygen atoms in total. The van der Waals surface area contributed by atoms with Gasteiger partial charge >= 0.3 is 0 Å². The maximum absolute atomic E-state index is 5.86. The molecule has 1 N–H and O–H groups in total. The van der Waals surface area contributed by atoms with E-state index >= 15 is 0 Å². The Morgan fingerprint density at radius 1 is 1.00 bits per heavy atom. The lowest BCUT2D eigenvalue weighted by Gasteiger charge is -2.28. The second kappa shape index (κ2) is 9.50. The molecular formula is C28H30N6S. The fraction of sp³-hybridized carbons (Fsp3) is 0.250. The summed E-state index contributed by atoms with van der Waals surface area (Å²) in [4.78, 5) is 13.4. The van der Waals surface area contributed by atoms with Crippen molar-refractivity contribution >= 4 is 23.0 Å². The predicted octanol–water partition coefficient (Wildman–Crippen LogP) is 5.12. The van der Waals surface area contributed by atoms with Gasteiger partial charge in [0.2, 0.25) is 0 Å². The van der Waals surface area contributed by atoms with Crippen molar-refractivity contribution in [3.05, 3.63) is 107 Å². The number of nitrogens with zero attached hydrogens (tertiary/aromatic N) is 5. The molecule has 5 rings (SSSR count). The summed E-state index contributed by atoms with van der Waals surface area (Å²) in [5.74, 6) is 0. The van der Waals surface area contributed by atoms with Gasteiger partial charge in [-0.1, -0.05) is 12.1 Å². The highest BCUT2D eigenvalue weighted by Crippen LogP contribution is 2.42. The van der Waals surface area contributed by atoms with Gasteiger partial charge in [0.1, 0.15) is 0 Å². The summed E-state index contributed by atoms with van der Waals surface area (Å²) in [6.07, 6.45) is 5.55. The molecule has 2 atom stereocenters. The Balaban J connectivity index is 1.59. The number of aromatic nitrogens is 3. The van der Waals surface area contributed by atoms with Gasteiger partial charge in [0.15, 0.2) is 5.11 Å². The first-order valence-corrected chi connectivity index (χ1v) is 12.2. The number of aryl methyl sites for hydroxylation is 1. The molecule has 0 radical (unpaired) electrons. The number of benzene rings is 1. The van der Waals surface area contributed by atoms with Crippen LogP contribution in [0.2, 0.25) is 0 Å². The van der Waals surface area contributed by atoms with E-state index in [9.17, 15) is 0 Å². The molecule has 178 valence electrons. The van der Waals surface area contributed by atoms with E-state index < -0.39 is 0 Å². The monoisotopic (exact) mass is 482 g/mol. The van der Waals surface area contributed by atoms with Crippen molar-refractivity contribution in [2.45, 2.75) is 32.5 Å². The van der Waals surface area contributed by atoms with E-state index in [2.05, 4.69) is 100 Å². The first-order chi connectivity index (χ1) is 16.9. The molecule has 0 bridgehead atoms. The largest absolute Gasteiger partial charge is 0.378 e. The molecule has 0 aliphatic carbocycles. The van der Waals surface area contributed by atoms with Gasteiger partial charge in [-0.15, -0.1) is 0 Å². The van der Waals surface area contributed by atoms with Crippen LogP contribution in [0, 0.1) is 13.8 Å². The quantitative estimate of drug-likeness (QED) is 0.385. The van der Waals surface area contributed by atoms with Gasteiger partial charge < -0.3 is 19.7 Å². The molecule has 1 saturated heterocycles. The van der Waals surface area contributed by atoms with E-state index in [0.29, 0.717) is 6.54 Å². The van der Waals surface area contributed by atoms with E-state index in [1.165, 1.54) is 22.6 Å². The second-order valence-electron chi connectivity index (χ2n) is 9.19. The molecule has 7 heteroatoms. The van der Waals surface area contributed by atoms with Crippen molar-refractivity contribution < 1.29 is 0 Å². The van der Waals surface area contributed by atoms with Crippen LogP contribution in [0.1, 0.15) is 40.3 Å². The van der Waals surface area contributed by atoms with Crippen LogP contribution >= 0.6 is 12.2 Å². The van der Waals surface area contributed by atoms with Crippen molar-refractivity contribution in [2.24, 2.45) is 0 Å². The van der Waals surface area contributed by atoms with Gasteiger partial charge in [-0.05, 0) is 85.7 Å². The van der Waals surface area contributed by atoms with Gasteiger partial charge in [0, 0.05) is 62.0 Å². The third-order valence-corrected chi connectivity index (χ3v) is 7.04. The second-order valence-corrected chi connectivity index (χ2v) is 9.58. The van der Waals surface area contributed by atoms with Gasteiger partial charge in [-0.2, -0.15) is 0 Å². The van der Waals surface area contributed by atoms with Crippen molar-refractivity contribution in [1.29, 1.82) is 0 Å². The lowest BCUT2D eigenvalue weighted by molar-refractivity contribution is 0.310. The zero-order valence-corrected chi connectivity index (χ0v) is 21.3. The molecular weight excluding hydrogens is 452 g/mol. The molecule has 0 unspecified atom stereocenters. The van der Waals surface area contributed by atoms with Crippen LogP contribution in [0.15, 0.2) is 79.3 Å².